The Labute approximate surface area is 158 Å². The van der Waals surface area contributed by atoms with E-state index in [4.69, 9.17) is 0 Å². The topological polar surface area (TPSA) is 80.6 Å². The van der Waals surface area contributed by atoms with E-state index in [2.05, 4.69) is 15.0 Å². The molecule has 6 nitrogen and oxygen atoms in total. The summed E-state index contributed by atoms with van der Waals surface area (Å²) < 4.78 is 1.09. The molecule has 0 spiro atoms. The standard InChI is InChI=1S/C22H14N4O2/c27-21-20-18(10-16(12-24-20)14-6-2-1-3-7-14)25-22(28)26(21)19-13-23-11-15-8-4-5-9-17(15)19/h1-13H,(H,25,28). The van der Waals surface area contributed by atoms with Gasteiger partial charge in [-0.15, -0.1) is 0 Å². The van der Waals surface area contributed by atoms with Crippen molar-refractivity contribution in [3.8, 4) is 16.8 Å². The van der Waals surface area contributed by atoms with Gasteiger partial charge in [-0.1, -0.05) is 54.6 Å². The summed E-state index contributed by atoms with van der Waals surface area (Å²) in [6.07, 6.45) is 4.86. The lowest BCUT2D eigenvalue weighted by molar-refractivity contribution is 0.897. The highest BCUT2D eigenvalue weighted by atomic mass is 16.2. The van der Waals surface area contributed by atoms with Crippen LogP contribution in [0.2, 0.25) is 0 Å². The van der Waals surface area contributed by atoms with Crippen molar-refractivity contribution in [2.24, 2.45) is 0 Å². The van der Waals surface area contributed by atoms with E-state index >= 15 is 0 Å². The molecule has 5 rings (SSSR count). The molecular weight excluding hydrogens is 352 g/mol. The van der Waals surface area contributed by atoms with E-state index in [9.17, 15) is 9.59 Å². The fraction of sp³-hybridized carbons (Fsp3) is 0. The van der Waals surface area contributed by atoms with E-state index in [1.165, 1.54) is 6.20 Å². The van der Waals surface area contributed by atoms with Crippen LogP contribution in [0.15, 0.2) is 88.8 Å². The molecule has 0 amide bonds. The molecule has 3 aromatic heterocycles. The van der Waals surface area contributed by atoms with Gasteiger partial charge in [0.05, 0.1) is 17.4 Å². The molecule has 0 bridgehead atoms. The molecule has 0 atom stereocenters. The minimum atomic E-state index is -0.525. The second-order valence-electron chi connectivity index (χ2n) is 6.44. The second kappa shape index (κ2) is 6.28. The zero-order chi connectivity index (χ0) is 19.1. The fourth-order valence-electron chi connectivity index (χ4n) is 3.39. The van der Waals surface area contributed by atoms with E-state index in [1.54, 1.807) is 18.5 Å². The van der Waals surface area contributed by atoms with Crippen molar-refractivity contribution in [1.29, 1.82) is 0 Å². The number of benzene rings is 2. The van der Waals surface area contributed by atoms with Crippen LogP contribution in [0.5, 0.6) is 0 Å². The van der Waals surface area contributed by atoms with Gasteiger partial charge >= 0.3 is 5.69 Å². The van der Waals surface area contributed by atoms with Crippen LogP contribution in [0.3, 0.4) is 0 Å². The molecule has 0 fully saturated rings. The maximum atomic E-state index is 13.1. The third kappa shape index (κ3) is 2.51. The van der Waals surface area contributed by atoms with Crippen LogP contribution >= 0.6 is 0 Å². The first-order valence-corrected chi connectivity index (χ1v) is 8.76. The Kier molecular flexibility index (Phi) is 3.62. The second-order valence-corrected chi connectivity index (χ2v) is 6.44. The average molecular weight is 366 g/mol. The third-order valence-corrected chi connectivity index (χ3v) is 4.73. The average Bonchev–Trinajstić information content (AvgIpc) is 2.74. The van der Waals surface area contributed by atoms with Crippen molar-refractivity contribution >= 4 is 21.8 Å². The number of aromatic amines is 1. The number of pyridine rings is 2. The molecule has 0 aliphatic heterocycles. The number of nitrogens with one attached hydrogen (secondary N) is 1. The largest absolute Gasteiger partial charge is 0.333 e. The van der Waals surface area contributed by atoms with Gasteiger partial charge in [0, 0.05) is 28.7 Å². The summed E-state index contributed by atoms with van der Waals surface area (Å²) in [5, 5.41) is 1.61. The lowest BCUT2D eigenvalue weighted by Crippen LogP contribution is -2.34. The van der Waals surface area contributed by atoms with E-state index in [0.29, 0.717) is 11.2 Å². The highest BCUT2D eigenvalue weighted by Crippen LogP contribution is 2.21. The van der Waals surface area contributed by atoms with E-state index < -0.39 is 11.2 Å². The van der Waals surface area contributed by atoms with Gasteiger partial charge in [-0.2, -0.15) is 0 Å². The predicted octanol–water partition coefficient (Wildman–Crippen LogP) is 3.29. The number of aromatic nitrogens is 4. The molecule has 0 saturated carbocycles. The molecule has 0 saturated heterocycles. The van der Waals surface area contributed by atoms with E-state index in [1.807, 2.05) is 54.6 Å². The van der Waals surface area contributed by atoms with Gasteiger partial charge < -0.3 is 4.98 Å². The molecule has 0 radical (unpaired) electrons. The van der Waals surface area contributed by atoms with E-state index in [-0.39, 0.29) is 5.52 Å². The number of hydrogen-bond donors (Lipinski definition) is 1. The maximum Gasteiger partial charge on any atom is 0.333 e. The highest BCUT2D eigenvalue weighted by Gasteiger charge is 2.14. The molecule has 1 N–H and O–H groups in total. The first kappa shape index (κ1) is 16.1. The van der Waals surface area contributed by atoms with E-state index in [0.717, 1.165) is 26.5 Å². The fourth-order valence-corrected chi connectivity index (χ4v) is 3.39. The Hall–Kier alpha value is -4.06. The quantitative estimate of drug-likeness (QED) is 0.520. The summed E-state index contributed by atoms with van der Waals surface area (Å²) in [6, 6.07) is 18.9. The first-order valence-electron chi connectivity index (χ1n) is 8.76. The van der Waals surface area contributed by atoms with Crippen LogP contribution in [-0.4, -0.2) is 19.5 Å². The van der Waals surface area contributed by atoms with Crippen molar-refractivity contribution in [3.05, 3.63) is 100 Å². The van der Waals surface area contributed by atoms with Gasteiger partial charge in [-0.05, 0) is 11.6 Å². The Bertz CT molecular complexity index is 1450. The third-order valence-electron chi connectivity index (χ3n) is 4.73. The number of H-pyrrole nitrogens is 1. The SMILES string of the molecule is O=c1[nH]c2cc(-c3ccccc3)cnc2c(=O)n1-c1cncc2ccccc12. The van der Waals surface area contributed by atoms with Crippen LogP contribution in [-0.2, 0) is 0 Å². The van der Waals surface area contributed by atoms with Gasteiger partial charge in [-0.25, -0.2) is 14.3 Å². The lowest BCUT2D eigenvalue weighted by Gasteiger charge is -2.09. The molecule has 134 valence electrons. The summed E-state index contributed by atoms with van der Waals surface area (Å²) in [5.41, 5.74) is 1.82. The minimum absolute atomic E-state index is 0.201. The summed E-state index contributed by atoms with van der Waals surface area (Å²) in [4.78, 5) is 37.2. The van der Waals surface area contributed by atoms with Crippen molar-refractivity contribution < 1.29 is 0 Å². The normalized spacial score (nSPS) is 11.1. The molecule has 6 heteroatoms. The van der Waals surface area contributed by atoms with Crippen molar-refractivity contribution in [1.82, 2.24) is 19.5 Å². The van der Waals surface area contributed by atoms with Crippen molar-refractivity contribution in [2.45, 2.75) is 0 Å². The zero-order valence-electron chi connectivity index (χ0n) is 14.7. The molecule has 0 aliphatic rings. The number of rotatable bonds is 2. The Morgan fingerprint density at radius 3 is 2.46 bits per heavy atom. The van der Waals surface area contributed by atoms with Gasteiger partial charge in [0.1, 0.15) is 0 Å². The smallest absolute Gasteiger partial charge is 0.305 e. The lowest BCUT2D eigenvalue weighted by atomic mass is 10.1. The zero-order valence-corrected chi connectivity index (χ0v) is 14.7. The summed E-state index contributed by atoms with van der Waals surface area (Å²) in [5.74, 6) is 0. The van der Waals surface area contributed by atoms with Crippen molar-refractivity contribution in [2.75, 3.05) is 0 Å². The summed E-state index contributed by atoms with van der Waals surface area (Å²) in [6.45, 7) is 0. The molecule has 0 aliphatic carbocycles. The van der Waals surface area contributed by atoms with Gasteiger partial charge in [0.25, 0.3) is 5.56 Å². The highest BCUT2D eigenvalue weighted by molar-refractivity contribution is 5.89. The minimum Gasteiger partial charge on any atom is -0.305 e. The van der Waals surface area contributed by atoms with Gasteiger partial charge in [-0.3, -0.25) is 9.78 Å². The van der Waals surface area contributed by atoms with Crippen LogP contribution in [0, 0.1) is 0 Å². The Morgan fingerprint density at radius 2 is 1.61 bits per heavy atom. The molecule has 28 heavy (non-hydrogen) atoms. The van der Waals surface area contributed by atoms with Crippen LogP contribution in [0.1, 0.15) is 0 Å². The molecule has 5 aromatic rings. The monoisotopic (exact) mass is 366 g/mol. The predicted molar refractivity (Wildman–Crippen MR) is 109 cm³/mol. The van der Waals surface area contributed by atoms with Crippen molar-refractivity contribution in [3.63, 3.8) is 0 Å². The van der Waals surface area contributed by atoms with Gasteiger partial charge in [0.2, 0.25) is 0 Å². The Balaban J connectivity index is 1.78. The number of nitrogens with zero attached hydrogens (tertiary/aromatic N) is 3. The molecule has 3 heterocycles. The number of fused-ring (bicyclic) bond motifs is 2. The molecular formula is C22H14N4O2. The number of hydrogen-bond acceptors (Lipinski definition) is 4. The van der Waals surface area contributed by atoms with Crippen LogP contribution in [0.4, 0.5) is 0 Å². The van der Waals surface area contributed by atoms with Crippen LogP contribution in [0.25, 0.3) is 38.6 Å². The Morgan fingerprint density at radius 1 is 0.821 bits per heavy atom. The summed E-state index contributed by atoms with van der Waals surface area (Å²) in [7, 11) is 0. The molecule has 2 aromatic carbocycles. The maximum absolute atomic E-state index is 13.1. The first-order chi connectivity index (χ1) is 13.7. The summed E-state index contributed by atoms with van der Waals surface area (Å²) >= 11 is 0. The van der Waals surface area contributed by atoms with Gasteiger partial charge in [0.15, 0.2) is 5.52 Å². The van der Waals surface area contributed by atoms with Crippen LogP contribution < -0.4 is 11.2 Å². The molecule has 0 unspecified atom stereocenters.